The summed E-state index contributed by atoms with van der Waals surface area (Å²) >= 11 is 0. The van der Waals surface area contributed by atoms with Crippen LogP contribution in [0.3, 0.4) is 0 Å². The summed E-state index contributed by atoms with van der Waals surface area (Å²) in [4.78, 5) is 15.1. The van der Waals surface area contributed by atoms with Crippen LogP contribution in [-0.4, -0.2) is 57.2 Å². The zero-order valence-electron chi connectivity index (χ0n) is 18.0. The SMILES string of the molecule is COc1cccc(-n2nc(C)c([C@@H]3COCCN3C(=O)c3cc(C)n(C)n3)c2C)c1. The number of hydrogen-bond donors (Lipinski definition) is 0. The Morgan fingerprint density at radius 2 is 2.00 bits per heavy atom. The van der Waals surface area contributed by atoms with E-state index in [0.717, 1.165) is 34.1 Å². The molecule has 0 radical (unpaired) electrons. The quantitative estimate of drug-likeness (QED) is 0.662. The van der Waals surface area contributed by atoms with Crippen molar-refractivity contribution in [2.75, 3.05) is 26.9 Å². The fourth-order valence-corrected chi connectivity index (χ4v) is 4.03. The lowest BCUT2D eigenvalue weighted by Gasteiger charge is -2.35. The molecular formula is C22H27N5O3. The smallest absolute Gasteiger partial charge is 0.275 e. The predicted octanol–water partition coefficient (Wildman–Crippen LogP) is 2.75. The first-order valence-corrected chi connectivity index (χ1v) is 10.0. The molecule has 1 amide bonds. The van der Waals surface area contributed by atoms with E-state index in [1.54, 1.807) is 11.8 Å². The number of carbonyl (C=O) groups excluding carboxylic acids is 1. The van der Waals surface area contributed by atoms with Crippen LogP contribution in [0.1, 0.15) is 39.2 Å². The lowest BCUT2D eigenvalue weighted by atomic mass is 10.0. The number of benzene rings is 1. The zero-order valence-corrected chi connectivity index (χ0v) is 18.0. The van der Waals surface area contributed by atoms with Crippen molar-refractivity contribution in [3.8, 4) is 11.4 Å². The van der Waals surface area contributed by atoms with Crippen molar-refractivity contribution in [2.24, 2.45) is 7.05 Å². The summed E-state index contributed by atoms with van der Waals surface area (Å²) in [5.41, 5.74) is 5.18. The Bertz CT molecular complexity index is 1070. The molecule has 3 heterocycles. The summed E-state index contributed by atoms with van der Waals surface area (Å²) in [5, 5.41) is 9.14. The van der Waals surface area contributed by atoms with E-state index < -0.39 is 0 Å². The van der Waals surface area contributed by atoms with E-state index in [9.17, 15) is 4.79 Å². The van der Waals surface area contributed by atoms with Gasteiger partial charge in [0.1, 0.15) is 5.75 Å². The molecule has 1 fully saturated rings. The minimum absolute atomic E-state index is 0.0834. The number of carbonyl (C=O) groups is 1. The largest absolute Gasteiger partial charge is 0.497 e. The van der Waals surface area contributed by atoms with Crippen LogP contribution in [0.5, 0.6) is 5.75 Å². The molecule has 0 bridgehead atoms. The van der Waals surface area contributed by atoms with Crippen molar-refractivity contribution in [2.45, 2.75) is 26.8 Å². The number of methoxy groups -OCH3 is 1. The molecule has 1 aromatic carbocycles. The lowest BCUT2D eigenvalue weighted by molar-refractivity contribution is -0.00338. The molecule has 3 aromatic rings. The molecule has 2 aromatic heterocycles. The number of hydrogen-bond acceptors (Lipinski definition) is 5. The van der Waals surface area contributed by atoms with Gasteiger partial charge in [0.2, 0.25) is 0 Å². The molecule has 1 atom stereocenters. The Balaban J connectivity index is 1.72. The van der Waals surface area contributed by atoms with Gasteiger partial charge in [-0.25, -0.2) is 4.68 Å². The van der Waals surface area contributed by atoms with Gasteiger partial charge in [0.25, 0.3) is 5.91 Å². The maximum absolute atomic E-state index is 13.3. The molecule has 0 spiro atoms. The van der Waals surface area contributed by atoms with Gasteiger partial charge in [0, 0.05) is 36.6 Å². The van der Waals surface area contributed by atoms with Crippen LogP contribution in [0.15, 0.2) is 30.3 Å². The van der Waals surface area contributed by atoms with Gasteiger partial charge in [0.05, 0.1) is 37.7 Å². The Morgan fingerprint density at radius 3 is 2.70 bits per heavy atom. The van der Waals surface area contributed by atoms with Gasteiger partial charge < -0.3 is 14.4 Å². The second-order valence-electron chi connectivity index (χ2n) is 7.58. The second-order valence-corrected chi connectivity index (χ2v) is 7.58. The van der Waals surface area contributed by atoms with Crippen LogP contribution in [-0.2, 0) is 11.8 Å². The van der Waals surface area contributed by atoms with E-state index in [1.807, 2.05) is 67.7 Å². The number of aromatic nitrogens is 4. The molecule has 0 N–H and O–H groups in total. The highest BCUT2D eigenvalue weighted by Gasteiger charge is 2.34. The van der Waals surface area contributed by atoms with E-state index in [2.05, 4.69) is 5.10 Å². The minimum atomic E-state index is -0.215. The van der Waals surface area contributed by atoms with E-state index in [1.165, 1.54) is 0 Å². The fourth-order valence-electron chi connectivity index (χ4n) is 4.03. The molecule has 8 heteroatoms. The molecule has 0 saturated carbocycles. The van der Waals surface area contributed by atoms with E-state index in [4.69, 9.17) is 14.6 Å². The van der Waals surface area contributed by atoms with Crippen LogP contribution in [0.25, 0.3) is 5.69 Å². The standard InChI is InChI=1S/C22H27N5O3/c1-14-11-19(24-25(14)4)22(28)26-9-10-30-13-20(26)21-15(2)23-27(16(21)3)17-7-6-8-18(12-17)29-5/h6-8,11-12,20H,9-10,13H2,1-5H3/t20-/m0/s1. The van der Waals surface area contributed by atoms with Crippen LogP contribution in [0.2, 0.25) is 0 Å². The van der Waals surface area contributed by atoms with Crippen molar-refractivity contribution >= 4 is 5.91 Å². The van der Waals surface area contributed by atoms with Crippen LogP contribution >= 0.6 is 0 Å². The predicted molar refractivity (Wildman–Crippen MR) is 112 cm³/mol. The maximum atomic E-state index is 13.3. The molecule has 0 aliphatic carbocycles. The lowest BCUT2D eigenvalue weighted by Crippen LogP contribution is -2.44. The third-order valence-electron chi connectivity index (χ3n) is 5.70. The highest BCUT2D eigenvalue weighted by atomic mass is 16.5. The number of ether oxygens (including phenoxy) is 2. The van der Waals surface area contributed by atoms with E-state index in [0.29, 0.717) is 25.5 Å². The van der Waals surface area contributed by atoms with Gasteiger partial charge in [-0.05, 0) is 39.0 Å². The summed E-state index contributed by atoms with van der Waals surface area (Å²) in [5.74, 6) is 0.685. The van der Waals surface area contributed by atoms with Crippen molar-refractivity contribution in [1.82, 2.24) is 24.5 Å². The van der Waals surface area contributed by atoms with E-state index >= 15 is 0 Å². The van der Waals surface area contributed by atoms with Crippen molar-refractivity contribution in [3.05, 3.63) is 58.7 Å². The molecule has 1 saturated heterocycles. The molecule has 30 heavy (non-hydrogen) atoms. The summed E-state index contributed by atoms with van der Waals surface area (Å²) in [7, 11) is 3.49. The van der Waals surface area contributed by atoms with Crippen LogP contribution < -0.4 is 4.74 Å². The molecule has 1 aliphatic heterocycles. The number of aryl methyl sites for hydroxylation is 3. The van der Waals surface area contributed by atoms with E-state index in [-0.39, 0.29) is 11.9 Å². The number of rotatable bonds is 4. The third-order valence-corrected chi connectivity index (χ3v) is 5.70. The topological polar surface area (TPSA) is 74.4 Å². The summed E-state index contributed by atoms with van der Waals surface area (Å²) < 4.78 is 14.7. The summed E-state index contributed by atoms with van der Waals surface area (Å²) in [6.07, 6.45) is 0. The third kappa shape index (κ3) is 3.47. The average Bonchev–Trinajstić information content (AvgIpc) is 3.25. The first kappa shape index (κ1) is 20.2. The van der Waals surface area contributed by atoms with Gasteiger partial charge in [-0.2, -0.15) is 10.2 Å². The summed E-state index contributed by atoms with van der Waals surface area (Å²) in [6.45, 7) is 7.40. The van der Waals surface area contributed by atoms with Crippen LogP contribution in [0.4, 0.5) is 0 Å². The second kappa shape index (κ2) is 7.95. The van der Waals surface area contributed by atoms with Crippen LogP contribution in [0, 0.1) is 20.8 Å². The molecule has 8 nitrogen and oxygen atoms in total. The van der Waals surface area contributed by atoms with Gasteiger partial charge in [-0.1, -0.05) is 6.07 Å². The highest BCUT2D eigenvalue weighted by molar-refractivity contribution is 5.92. The van der Waals surface area contributed by atoms with Gasteiger partial charge in [-0.3, -0.25) is 9.48 Å². The number of nitrogens with zero attached hydrogens (tertiary/aromatic N) is 5. The summed E-state index contributed by atoms with van der Waals surface area (Å²) in [6, 6.07) is 9.39. The molecule has 158 valence electrons. The normalized spacial score (nSPS) is 16.7. The Labute approximate surface area is 176 Å². The average molecular weight is 409 g/mol. The first-order chi connectivity index (χ1) is 14.4. The van der Waals surface area contributed by atoms with Gasteiger partial charge in [-0.15, -0.1) is 0 Å². The van der Waals surface area contributed by atoms with Gasteiger partial charge >= 0.3 is 0 Å². The Hall–Kier alpha value is -3.13. The minimum Gasteiger partial charge on any atom is -0.497 e. The van der Waals surface area contributed by atoms with Crippen molar-refractivity contribution in [1.29, 1.82) is 0 Å². The Kier molecular flexibility index (Phi) is 5.34. The zero-order chi connectivity index (χ0) is 21.4. The number of morpholine rings is 1. The molecule has 4 rings (SSSR count). The number of amides is 1. The fraction of sp³-hybridized carbons (Fsp3) is 0.409. The van der Waals surface area contributed by atoms with Gasteiger partial charge in [0.15, 0.2) is 5.69 Å². The first-order valence-electron chi connectivity index (χ1n) is 10.0. The maximum Gasteiger partial charge on any atom is 0.275 e. The monoisotopic (exact) mass is 409 g/mol. The van der Waals surface area contributed by atoms with Crippen molar-refractivity contribution in [3.63, 3.8) is 0 Å². The van der Waals surface area contributed by atoms with Crippen molar-refractivity contribution < 1.29 is 14.3 Å². The molecular weight excluding hydrogens is 382 g/mol. The molecule has 0 unspecified atom stereocenters. The Morgan fingerprint density at radius 1 is 1.20 bits per heavy atom. The molecule has 1 aliphatic rings. The highest BCUT2D eigenvalue weighted by Crippen LogP contribution is 2.32.